The second-order valence-electron chi connectivity index (χ2n) is 3.84. The summed E-state index contributed by atoms with van der Waals surface area (Å²) in [6.07, 6.45) is 0.914. The molecule has 0 bridgehead atoms. The van der Waals surface area contributed by atoms with Gasteiger partial charge in [0, 0.05) is 12.2 Å². The number of aryl methyl sites for hydroxylation is 1. The Balaban J connectivity index is 0.00000128. The second kappa shape index (κ2) is 7.48. The molecule has 1 fully saturated rings. The molecule has 2 rings (SSSR count). The first-order chi connectivity index (χ1) is 7.25. The summed E-state index contributed by atoms with van der Waals surface area (Å²) in [4.78, 5) is 16.0. The topological polar surface area (TPSA) is 54.0 Å². The number of anilines is 1. The van der Waals surface area contributed by atoms with Crippen LogP contribution in [0, 0.1) is 12.8 Å². The third kappa shape index (κ3) is 4.50. The van der Waals surface area contributed by atoms with E-state index < -0.39 is 0 Å². The van der Waals surface area contributed by atoms with Gasteiger partial charge in [0.1, 0.15) is 5.82 Å². The molecule has 17 heavy (non-hydrogen) atoms. The fourth-order valence-electron chi connectivity index (χ4n) is 1.72. The zero-order valence-electron chi connectivity index (χ0n) is 9.60. The lowest BCUT2D eigenvalue weighted by atomic mass is 10.1. The van der Waals surface area contributed by atoms with Crippen molar-refractivity contribution in [3.8, 4) is 0 Å². The van der Waals surface area contributed by atoms with Crippen LogP contribution in [-0.4, -0.2) is 24.0 Å². The van der Waals surface area contributed by atoms with Gasteiger partial charge in [0.2, 0.25) is 5.91 Å². The predicted molar refractivity (Wildman–Crippen MR) is 73.1 cm³/mol. The SMILES string of the molecule is Cc1cccc(NC(=O)C2CCNC2)n1.Cl.Cl. The Kier molecular flexibility index (Phi) is 7.11. The Morgan fingerprint density at radius 2 is 2.24 bits per heavy atom. The summed E-state index contributed by atoms with van der Waals surface area (Å²) in [5.41, 5.74) is 0.914. The highest BCUT2D eigenvalue weighted by Crippen LogP contribution is 2.11. The zero-order valence-corrected chi connectivity index (χ0v) is 11.2. The van der Waals surface area contributed by atoms with E-state index in [1.807, 2.05) is 25.1 Å². The molecule has 2 N–H and O–H groups in total. The van der Waals surface area contributed by atoms with Crippen LogP contribution in [-0.2, 0) is 4.79 Å². The van der Waals surface area contributed by atoms with Gasteiger partial charge in [-0.2, -0.15) is 0 Å². The molecule has 1 atom stereocenters. The van der Waals surface area contributed by atoms with Gasteiger partial charge in [-0.05, 0) is 32.0 Å². The molecular formula is C11H17Cl2N3O. The molecule has 4 nitrogen and oxygen atoms in total. The lowest BCUT2D eigenvalue weighted by Gasteiger charge is -2.09. The van der Waals surface area contributed by atoms with E-state index in [1.54, 1.807) is 0 Å². The van der Waals surface area contributed by atoms with Crippen molar-refractivity contribution in [2.75, 3.05) is 18.4 Å². The minimum atomic E-state index is 0. The Morgan fingerprint density at radius 1 is 1.47 bits per heavy atom. The van der Waals surface area contributed by atoms with Crippen LogP contribution in [0.1, 0.15) is 12.1 Å². The maximum absolute atomic E-state index is 11.7. The lowest BCUT2D eigenvalue weighted by Crippen LogP contribution is -2.25. The number of aromatic nitrogens is 1. The maximum atomic E-state index is 11.7. The predicted octanol–water partition coefficient (Wildman–Crippen LogP) is 1.78. The van der Waals surface area contributed by atoms with E-state index >= 15 is 0 Å². The van der Waals surface area contributed by atoms with E-state index in [4.69, 9.17) is 0 Å². The Morgan fingerprint density at radius 3 is 2.82 bits per heavy atom. The van der Waals surface area contributed by atoms with Crippen LogP contribution in [0.4, 0.5) is 5.82 Å². The normalized spacial score (nSPS) is 17.8. The van der Waals surface area contributed by atoms with Gasteiger partial charge in [0.05, 0.1) is 5.92 Å². The van der Waals surface area contributed by atoms with Crippen molar-refractivity contribution >= 4 is 36.5 Å². The number of hydrogen-bond acceptors (Lipinski definition) is 3. The van der Waals surface area contributed by atoms with E-state index in [0.29, 0.717) is 5.82 Å². The van der Waals surface area contributed by atoms with Crippen molar-refractivity contribution in [3.63, 3.8) is 0 Å². The molecule has 0 radical (unpaired) electrons. The van der Waals surface area contributed by atoms with Crippen molar-refractivity contribution in [2.24, 2.45) is 5.92 Å². The molecule has 0 aromatic carbocycles. The number of carbonyl (C=O) groups excluding carboxylic acids is 1. The molecule has 1 aromatic heterocycles. The van der Waals surface area contributed by atoms with Crippen molar-refractivity contribution in [1.29, 1.82) is 0 Å². The number of pyridine rings is 1. The number of nitrogens with zero attached hydrogens (tertiary/aromatic N) is 1. The number of nitrogens with one attached hydrogen (secondary N) is 2. The number of rotatable bonds is 2. The monoisotopic (exact) mass is 277 g/mol. The number of halogens is 2. The summed E-state index contributed by atoms with van der Waals surface area (Å²) < 4.78 is 0. The molecule has 1 saturated heterocycles. The first-order valence-corrected chi connectivity index (χ1v) is 5.21. The smallest absolute Gasteiger partial charge is 0.229 e. The van der Waals surface area contributed by atoms with E-state index in [9.17, 15) is 4.79 Å². The first-order valence-electron chi connectivity index (χ1n) is 5.21. The van der Waals surface area contributed by atoms with Crippen LogP contribution in [0.15, 0.2) is 18.2 Å². The van der Waals surface area contributed by atoms with Crippen LogP contribution < -0.4 is 10.6 Å². The molecular weight excluding hydrogens is 261 g/mol. The average molecular weight is 278 g/mol. The lowest BCUT2D eigenvalue weighted by molar-refractivity contribution is -0.119. The summed E-state index contributed by atoms with van der Waals surface area (Å²) in [5.74, 6) is 0.803. The van der Waals surface area contributed by atoms with Gasteiger partial charge in [-0.3, -0.25) is 4.79 Å². The van der Waals surface area contributed by atoms with E-state index in [1.165, 1.54) is 0 Å². The fraction of sp³-hybridized carbons (Fsp3) is 0.455. The molecule has 1 aliphatic rings. The molecule has 1 aromatic rings. The molecule has 1 unspecified atom stereocenters. The maximum Gasteiger partial charge on any atom is 0.229 e. The highest BCUT2D eigenvalue weighted by Gasteiger charge is 2.22. The second-order valence-corrected chi connectivity index (χ2v) is 3.84. The summed E-state index contributed by atoms with van der Waals surface area (Å²) in [5, 5.41) is 6.00. The van der Waals surface area contributed by atoms with Gasteiger partial charge in [-0.15, -0.1) is 24.8 Å². The van der Waals surface area contributed by atoms with Crippen molar-refractivity contribution in [2.45, 2.75) is 13.3 Å². The van der Waals surface area contributed by atoms with Gasteiger partial charge >= 0.3 is 0 Å². The fourth-order valence-corrected chi connectivity index (χ4v) is 1.72. The summed E-state index contributed by atoms with van der Waals surface area (Å²) in [6, 6.07) is 5.62. The highest BCUT2D eigenvalue weighted by atomic mass is 35.5. The van der Waals surface area contributed by atoms with E-state index in [0.717, 1.165) is 25.2 Å². The number of hydrogen-bond donors (Lipinski definition) is 2. The molecule has 0 aliphatic carbocycles. The largest absolute Gasteiger partial charge is 0.316 e. The molecule has 1 aliphatic heterocycles. The Hall–Kier alpha value is -0.840. The van der Waals surface area contributed by atoms with Crippen LogP contribution in [0.5, 0.6) is 0 Å². The standard InChI is InChI=1S/C11H15N3O.2ClH/c1-8-3-2-4-10(13-8)14-11(15)9-5-6-12-7-9;;/h2-4,9,12H,5-7H2,1H3,(H,13,14,15);2*1H. The third-order valence-electron chi connectivity index (χ3n) is 2.57. The van der Waals surface area contributed by atoms with Crippen LogP contribution >= 0.6 is 24.8 Å². The third-order valence-corrected chi connectivity index (χ3v) is 2.57. The van der Waals surface area contributed by atoms with Gasteiger partial charge in [-0.25, -0.2) is 4.98 Å². The van der Waals surface area contributed by atoms with Gasteiger partial charge in [0.25, 0.3) is 0 Å². The van der Waals surface area contributed by atoms with E-state index in [-0.39, 0.29) is 36.6 Å². The van der Waals surface area contributed by atoms with Gasteiger partial charge in [-0.1, -0.05) is 6.07 Å². The number of carbonyl (C=O) groups is 1. The van der Waals surface area contributed by atoms with Crippen LogP contribution in [0.25, 0.3) is 0 Å². The minimum absolute atomic E-state index is 0. The first kappa shape index (κ1) is 16.2. The average Bonchev–Trinajstić information content (AvgIpc) is 2.70. The van der Waals surface area contributed by atoms with Crippen LogP contribution in [0.3, 0.4) is 0 Å². The Labute approximate surface area is 113 Å². The molecule has 2 heterocycles. The summed E-state index contributed by atoms with van der Waals surface area (Å²) in [7, 11) is 0. The highest BCUT2D eigenvalue weighted by molar-refractivity contribution is 5.92. The minimum Gasteiger partial charge on any atom is -0.316 e. The molecule has 6 heteroatoms. The van der Waals surface area contributed by atoms with E-state index in [2.05, 4.69) is 15.6 Å². The quantitative estimate of drug-likeness (QED) is 0.867. The number of amides is 1. The zero-order chi connectivity index (χ0) is 10.7. The molecule has 0 saturated carbocycles. The van der Waals surface area contributed by atoms with Crippen molar-refractivity contribution < 1.29 is 4.79 Å². The summed E-state index contributed by atoms with van der Waals surface area (Å²) in [6.45, 7) is 3.61. The van der Waals surface area contributed by atoms with Crippen molar-refractivity contribution in [3.05, 3.63) is 23.9 Å². The van der Waals surface area contributed by atoms with Crippen LogP contribution in [0.2, 0.25) is 0 Å². The Bertz CT molecular complexity index is 367. The molecule has 1 amide bonds. The van der Waals surface area contributed by atoms with Gasteiger partial charge in [0.15, 0.2) is 0 Å². The van der Waals surface area contributed by atoms with Gasteiger partial charge < -0.3 is 10.6 Å². The molecule has 0 spiro atoms. The van der Waals surface area contributed by atoms with Crippen molar-refractivity contribution in [1.82, 2.24) is 10.3 Å². The molecule has 96 valence electrons. The summed E-state index contributed by atoms with van der Waals surface area (Å²) >= 11 is 0.